The maximum absolute atomic E-state index is 9.94. The molecule has 0 aliphatic carbocycles. The molecule has 0 unspecified atom stereocenters. The Hall–Kier alpha value is -4.88. The normalized spacial score (nSPS) is 12.8. The van der Waals surface area contributed by atoms with E-state index in [1.54, 1.807) is 18.3 Å². The van der Waals surface area contributed by atoms with Crippen LogP contribution in [0.2, 0.25) is 0 Å². The van der Waals surface area contributed by atoms with Crippen molar-refractivity contribution in [3.8, 4) is 39.7 Å². The van der Waals surface area contributed by atoms with Crippen LogP contribution in [0, 0.1) is 23.5 Å². The van der Waals surface area contributed by atoms with Crippen molar-refractivity contribution in [1.82, 2.24) is 9.97 Å². The molecule has 3 heterocycles. The minimum Gasteiger partial charge on any atom is -0.500 e. The number of furan rings is 1. The molecule has 5 heteroatoms. The van der Waals surface area contributed by atoms with Gasteiger partial charge in [-0.3, -0.25) is 0 Å². The number of aromatic nitrogens is 2. The van der Waals surface area contributed by atoms with Crippen molar-refractivity contribution < 1.29 is 31.4 Å². The second kappa shape index (κ2) is 14.1. The fraction of sp³-hybridized carbons (Fsp3) is 0.186. The molecule has 4 nitrogen and oxygen atoms in total. The molecule has 241 valence electrons. The van der Waals surface area contributed by atoms with E-state index in [9.17, 15) is 5.26 Å². The van der Waals surface area contributed by atoms with Crippen molar-refractivity contribution in [3.63, 3.8) is 0 Å². The minimum atomic E-state index is -0.494. The number of nitrogens with zero attached hydrogens (tertiary/aromatic N) is 3. The molecule has 3 aromatic heterocycles. The van der Waals surface area contributed by atoms with Crippen LogP contribution in [0.25, 0.3) is 55.6 Å². The average molecular weight is 809 g/mol. The van der Waals surface area contributed by atoms with Crippen LogP contribution in [-0.2, 0) is 30.9 Å². The maximum Gasteiger partial charge on any atom is 0.130 e. The number of fused-ring (bicyclic) bond motifs is 3. The number of benzene rings is 4. The smallest absolute Gasteiger partial charge is 0.130 e. The van der Waals surface area contributed by atoms with Crippen LogP contribution in [0.5, 0.6) is 0 Å². The molecule has 48 heavy (non-hydrogen) atoms. The van der Waals surface area contributed by atoms with E-state index in [0.717, 1.165) is 22.2 Å². The van der Waals surface area contributed by atoms with Gasteiger partial charge in [-0.1, -0.05) is 113 Å². The Morgan fingerprint density at radius 2 is 1.56 bits per heavy atom. The van der Waals surface area contributed by atoms with Crippen LogP contribution in [0.15, 0.2) is 120 Å². The van der Waals surface area contributed by atoms with Gasteiger partial charge in [-0.2, -0.15) is 5.26 Å². The van der Waals surface area contributed by atoms with Gasteiger partial charge in [0.15, 0.2) is 0 Å². The topological polar surface area (TPSA) is 62.7 Å². The molecule has 4 aromatic carbocycles. The van der Waals surface area contributed by atoms with E-state index in [-0.39, 0.29) is 53.2 Å². The van der Waals surface area contributed by atoms with Gasteiger partial charge in [-0.05, 0) is 45.5 Å². The fourth-order valence-corrected chi connectivity index (χ4v) is 5.44. The van der Waals surface area contributed by atoms with E-state index in [4.69, 9.17) is 11.3 Å². The van der Waals surface area contributed by atoms with E-state index >= 15 is 0 Å². The molecule has 1 radical (unpaired) electrons. The maximum atomic E-state index is 9.94. The standard InChI is InChI=1S/C28H21N2O.C15H16N.Ir/c1-28(2,3)22-15-14-20(23-11-7-8-16-30-23)26-25(22)21-13-12-19(17-29)24(27(21)31-26)18-9-5-4-6-10-18;1-15(2,3)13-9-10-14(16-11-13)12-7-5-4-6-8-12;/h4-13,15-16H,1-3H3;4-7,9-11H,1-3H3;/q2*-1;/i4D,5D,6D,9D,10D;;. The number of hydrogen-bond acceptors (Lipinski definition) is 4. The van der Waals surface area contributed by atoms with E-state index in [0.29, 0.717) is 22.2 Å². The Morgan fingerprint density at radius 3 is 2.17 bits per heavy atom. The van der Waals surface area contributed by atoms with Crippen molar-refractivity contribution in [2.75, 3.05) is 0 Å². The van der Waals surface area contributed by atoms with Gasteiger partial charge in [-0.15, -0.1) is 53.6 Å². The Balaban J connectivity index is 0.000000267. The zero-order chi connectivity index (χ0) is 37.5. The summed E-state index contributed by atoms with van der Waals surface area (Å²) in [5.41, 5.74) is 6.48. The van der Waals surface area contributed by atoms with Gasteiger partial charge < -0.3 is 14.4 Å². The predicted molar refractivity (Wildman–Crippen MR) is 192 cm³/mol. The summed E-state index contributed by atoms with van der Waals surface area (Å²) in [5, 5.41) is 11.4. The third-order valence-corrected chi connectivity index (χ3v) is 7.93. The quantitative estimate of drug-likeness (QED) is 0.167. The number of rotatable bonds is 3. The fourth-order valence-electron chi connectivity index (χ4n) is 5.44. The summed E-state index contributed by atoms with van der Waals surface area (Å²) in [4.78, 5) is 8.95. The first-order valence-electron chi connectivity index (χ1n) is 17.9. The first-order valence-corrected chi connectivity index (χ1v) is 15.4. The Kier molecular flexibility index (Phi) is 8.26. The number of nitriles is 1. The number of pyridine rings is 2. The van der Waals surface area contributed by atoms with Crippen LogP contribution < -0.4 is 0 Å². The summed E-state index contributed by atoms with van der Waals surface area (Å²) in [6, 6.07) is 29.4. The summed E-state index contributed by atoms with van der Waals surface area (Å²) in [6.45, 7) is 12.8. The molecule has 0 bridgehead atoms. The van der Waals surface area contributed by atoms with Crippen molar-refractivity contribution in [2.45, 2.75) is 52.4 Å². The largest absolute Gasteiger partial charge is 0.500 e. The van der Waals surface area contributed by atoms with Gasteiger partial charge in [0.25, 0.3) is 0 Å². The van der Waals surface area contributed by atoms with Crippen molar-refractivity contribution in [3.05, 3.63) is 144 Å². The zero-order valence-electron chi connectivity index (χ0n) is 32.7. The minimum absolute atomic E-state index is 0. The van der Waals surface area contributed by atoms with E-state index < -0.39 is 30.2 Å². The Morgan fingerprint density at radius 1 is 0.792 bits per heavy atom. The van der Waals surface area contributed by atoms with Crippen LogP contribution >= 0.6 is 0 Å². The van der Waals surface area contributed by atoms with Crippen molar-refractivity contribution >= 4 is 21.9 Å². The SMILES string of the molecule is CC(C)(C)c1ccc(-c2[c-]cccc2)nc1.[2H]c1c([2H])c([2H])c(-c2c(C#N)ccc3c2oc2c(-c4ccccn4)[c-]cc(C(C)(C)C)c23)c([2H])c1[2H].[Ir]. The molecule has 0 saturated carbocycles. The summed E-state index contributed by atoms with van der Waals surface area (Å²) >= 11 is 0. The van der Waals surface area contributed by atoms with E-state index in [1.165, 1.54) is 5.56 Å². The monoisotopic (exact) mass is 809 g/mol. The average Bonchev–Trinajstić information content (AvgIpc) is 3.53. The van der Waals surface area contributed by atoms with Gasteiger partial charge >= 0.3 is 0 Å². The second-order valence-electron chi connectivity index (χ2n) is 13.3. The molecular formula is C43H37IrN3O-2. The molecule has 0 fully saturated rings. The van der Waals surface area contributed by atoms with Gasteiger partial charge in [0.1, 0.15) is 5.58 Å². The van der Waals surface area contributed by atoms with E-state index in [1.807, 2.05) is 54.7 Å². The molecule has 0 amide bonds. The van der Waals surface area contributed by atoms with E-state index in [2.05, 4.69) is 81.8 Å². The van der Waals surface area contributed by atoms with Crippen LogP contribution in [0.1, 0.15) is 65.1 Å². The second-order valence-corrected chi connectivity index (χ2v) is 13.3. The molecule has 0 spiro atoms. The summed E-state index contributed by atoms with van der Waals surface area (Å²) in [5.74, 6) is 0. The molecule has 0 aliphatic heterocycles. The third kappa shape index (κ3) is 7.02. The summed E-state index contributed by atoms with van der Waals surface area (Å²) in [7, 11) is 0. The molecule has 0 N–H and O–H groups in total. The first kappa shape index (κ1) is 28.2. The van der Waals surface area contributed by atoms with Crippen LogP contribution in [0.3, 0.4) is 0 Å². The molecule has 0 atom stereocenters. The third-order valence-electron chi connectivity index (χ3n) is 7.93. The molecular weight excluding hydrogens is 767 g/mol. The Bertz CT molecular complexity index is 2450. The Labute approximate surface area is 303 Å². The molecule has 7 aromatic rings. The molecule has 0 saturated heterocycles. The van der Waals surface area contributed by atoms with Crippen molar-refractivity contribution in [1.29, 1.82) is 5.26 Å². The van der Waals surface area contributed by atoms with Crippen LogP contribution in [-0.4, -0.2) is 9.97 Å². The van der Waals surface area contributed by atoms with Gasteiger partial charge in [-0.25, -0.2) is 0 Å². The summed E-state index contributed by atoms with van der Waals surface area (Å²) < 4.78 is 47.8. The molecule has 0 aliphatic rings. The first-order chi connectivity index (χ1) is 24.6. The van der Waals surface area contributed by atoms with Crippen LogP contribution in [0.4, 0.5) is 0 Å². The van der Waals surface area contributed by atoms with Gasteiger partial charge in [0, 0.05) is 43.4 Å². The number of hydrogen-bond donors (Lipinski definition) is 0. The van der Waals surface area contributed by atoms with Gasteiger partial charge in [0.05, 0.1) is 24.1 Å². The van der Waals surface area contributed by atoms with Crippen molar-refractivity contribution in [2.24, 2.45) is 0 Å². The molecule has 7 rings (SSSR count). The zero-order valence-corrected chi connectivity index (χ0v) is 30.1. The van der Waals surface area contributed by atoms with Gasteiger partial charge in [0.2, 0.25) is 0 Å². The summed E-state index contributed by atoms with van der Waals surface area (Å²) in [6.07, 6.45) is 3.64. The predicted octanol–water partition coefficient (Wildman–Crippen LogP) is 11.1.